The molecule has 102 valence electrons. The lowest BCUT2D eigenvalue weighted by Crippen LogP contribution is -1.93. The van der Waals surface area contributed by atoms with Crippen molar-refractivity contribution in [3.05, 3.63) is 58.8 Å². The predicted octanol–water partition coefficient (Wildman–Crippen LogP) is 4.96. The van der Waals surface area contributed by atoms with Crippen LogP contribution in [0.25, 0.3) is 16.9 Å². The van der Waals surface area contributed by atoms with Crippen molar-refractivity contribution >= 4 is 21.6 Å². The molecule has 0 N–H and O–H groups in total. The van der Waals surface area contributed by atoms with Crippen LogP contribution in [0.4, 0.5) is 0 Å². The first-order valence-electron chi connectivity index (χ1n) is 6.85. The van der Waals surface area contributed by atoms with E-state index in [2.05, 4.69) is 65.2 Å². The van der Waals surface area contributed by atoms with Gasteiger partial charge in [0.25, 0.3) is 0 Å². The number of halogens is 1. The lowest BCUT2D eigenvalue weighted by Gasteiger charge is -2.05. The molecule has 0 unspecified atom stereocenters. The zero-order chi connectivity index (χ0) is 14.1. The van der Waals surface area contributed by atoms with Crippen molar-refractivity contribution in [2.45, 2.75) is 20.3 Å². The van der Waals surface area contributed by atoms with Crippen LogP contribution in [0.2, 0.25) is 0 Å². The van der Waals surface area contributed by atoms with Crippen LogP contribution in [0.5, 0.6) is 0 Å². The summed E-state index contributed by atoms with van der Waals surface area (Å²) in [6, 6.07) is 12.8. The zero-order valence-corrected chi connectivity index (χ0v) is 13.3. The highest BCUT2D eigenvalue weighted by molar-refractivity contribution is 9.10. The van der Waals surface area contributed by atoms with Crippen molar-refractivity contribution in [3.8, 4) is 11.3 Å². The summed E-state index contributed by atoms with van der Waals surface area (Å²) in [6.07, 6.45) is 5.22. The number of benzene rings is 1. The Labute approximate surface area is 127 Å². The molecule has 0 aliphatic rings. The average molecular weight is 329 g/mol. The Bertz CT molecular complexity index is 726. The summed E-state index contributed by atoms with van der Waals surface area (Å²) in [5.41, 5.74) is 4.53. The van der Waals surface area contributed by atoms with Crippen LogP contribution in [0.15, 0.2) is 53.3 Å². The van der Waals surface area contributed by atoms with Crippen LogP contribution in [-0.2, 0) is 6.42 Å². The van der Waals surface area contributed by atoms with Gasteiger partial charge in [0.1, 0.15) is 5.65 Å². The van der Waals surface area contributed by atoms with E-state index in [0.717, 1.165) is 27.8 Å². The van der Waals surface area contributed by atoms with Gasteiger partial charge >= 0.3 is 0 Å². The Morgan fingerprint density at radius 1 is 1.05 bits per heavy atom. The van der Waals surface area contributed by atoms with Crippen LogP contribution in [-0.4, -0.2) is 9.38 Å². The summed E-state index contributed by atoms with van der Waals surface area (Å²) in [6.45, 7) is 4.49. The van der Waals surface area contributed by atoms with Crippen LogP contribution in [0.3, 0.4) is 0 Å². The third-order valence-corrected chi connectivity index (χ3v) is 3.78. The molecule has 20 heavy (non-hydrogen) atoms. The summed E-state index contributed by atoms with van der Waals surface area (Å²) >= 11 is 3.48. The summed E-state index contributed by atoms with van der Waals surface area (Å²) < 4.78 is 3.10. The van der Waals surface area contributed by atoms with Gasteiger partial charge in [-0.15, -0.1) is 0 Å². The van der Waals surface area contributed by atoms with E-state index < -0.39 is 0 Å². The topological polar surface area (TPSA) is 17.3 Å². The van der Waals surface area contributed by atoms with E-state index in [9.17, 15) is 0 Å². The zero-order valence-electron chi connectivity index (χ0n) is 11.7. The standard InChI is InChI=1S/C17H17BrN2/c1-12(2)9-13-3-5-14(6-4-13)16-11-20-10-15(18)7-8-17(20)19-16/h3-8,10-12H,9H2,1-2H3. The molecular formula is C17H17BrN2. The number of hydrogen-bond acceptors (Lipinski definition) is 1. The second kappa shape index (κ2) is 5.41. The van der Waals surface area contributed by atoms with E-state index in [4.69, 9.17) is 0 Å². The van der Waals surface area contributed by atoms with E-state index in [1.54, 1.807) is 0 Å². The van der Waals surface area contributed by atoms with Crippen molar-refractivity contribution in [1.82, 2.24) is 9.38 Å². The van der Waals surface area contributed by atoms with Crippen molar-refractivity contribution < 1.29 is 0 Å². The Kier molecular flexibility index (Phi) is 3.62. The van der Waals surface area contributed by atoms with E-state index in [-0.39, 0.29) is 0 Å². The van der Waals surface area contributed by atoms with Crippen molar-refractivity contribution in [2.75, 3.05) is 0 Å². The number of rotatable bonds is 3. The molecule has 2 heterocycles. The van der Waals surface area contributed by atoms with Gasteiger partial charge in [0.05, 0.1) is 5.69 Å². The third-order valence-electron chi connectivity index (χ3n) is 3.31. The molecule has 3 rings (SSSR count). The number of nitrogens with zero attached hydrogens (tertiary/aromatic N) is 2. The van der Waals surface area contributed by atoms with Gasteiger partial charge in [0, 0.05) is 22.4 Å². The maximum absolute atomic E-state index is 4.66. The fourth-order valence-electron chi connectivity index (χ4n) is 2.39. The molecule has 0 fully saturated rings. The maximum Gasteiger partial charge on any atom is 0.137 e. The molecule has 0 bridgehead atoms. The quantitative estimate of drug-likeness (QED) is 0.664. The Balaban J connectivity index is 1.94. The van der Waals surface area contributed by atoms with Crippen LogP contribution < -0.4 is 0 Å². The summed E-state index contributed by atoms with van der Waals surface area (Å²) in [5, 5.41) is 0. The van der Waals surface area contributed by atoms with Crippen LogP contribution in [0, 0.1) is 5.92 Å². The third kappa shape index (κ3) is 2.78. The molecule has 2 aromatic heterocycles. The first-order chi connectivity index (χ1) is 9.61. The largest absolute Gasteiger partial charge is 0.305 e. The van der Waals surface area contributed by atoms with Gasteiger partial charge in [-0.1, -0.05) is 38.1 Å². The van der Waals surface area contributed by atoms with E-state index >= 15 is 0 Å². The van der Waals surface area contributed by atoms with Gasteiger partial charge in [-0.05, 0) is 46.0 Å². The molecule has 0 aliphatic carbocycles. The summed E-state index contributed by atoms with van der Waals surface area (Å²) in [4.78, 5) is 4.66. The maximum atomic E-state index is 4.66. The summed E-state index contributed by atoms with van der Waals surface area (Å²) in [5.74, 6) is 0.688. The second-order valence-corrected chi connectivity index (χ2v) is 6.45. The number of aromatic nitrogens is 2. The van der Waals surface area contributed by atoms with Crippen molar-refractivity contribution in [3.63, 3.8) is 0 Å². The van der Waals surface area contributed by atoms with Crippen LogP contribution >= 0.6 is 15.9 Å². The smallest absolute Gasteiger partial charge is 0.137 e. The van der Waals surface area contributed by atoms with E-state index in [1.165, 1.54) is 5.56 Å². The second-order valence-electron chi connectivity index (χ2n) is 5.53. The molecular weight excluding hydrogens is 312 g/mol. The number of imidazole rings is 1. The van der Waals surface area contributed by atoms with E-state index in [1.807, 2.05) is 22.7 Å². The molecule has 3 aromatic rings. The van der Waals surface area contributed by atoms with Gasteiger partial charge < -0.3 is 4.40 Å². The predicted molar refractivity (Wildman–Crippen MR) is 86.9 cm³/mol. The lowest BCUT2D eigenvalue weighted by atomic mass is 10.0. The average Bonchev–Trinajstić information content (AvgIpc) is 2.81. The van der Waals surface area contributed by atoms with Gasteiger partial charge in [-0.25, -0.2) is 4.98 Å². The molecule has 0 atom stereocenters. The fourth-order valence-corrected chi connectivity index (χ4v) is 2.74. The molecule has 0 aliphatic heterocycles. The number of pyridine rings is 1. The first kappa shape index (κ1) is 13.4. The molecule has 0 saturated heterocycles. The van der Waals surface area contributed by atoms with E-state index in [0.29, 0.717) is 5.92 Å². The first-order valence-corrected chi connectivity index (χ1v) is 7.65. The van der Waals surface area contributed by atoms with Crippen molar-refractivity contribution in [2.24, 2.45) is 5.92 Å². The minimum Gasteiger partial charge on any atom is -0.305 e. The molecule has 3 heteroatoms. The minimum atomic E-state index is 0.688. The normalized spacial score (nSPS) is 11.4. The highest BCUT2D eigenvalue weighted by atomic mass is 79.9. The van der Waals surface area contributed by atoms with Gasteiger partial charge in [0.2, 0.25) is 0 Å². The van der Waals surface area contributed by atoms with Gasteiger partial charge in [0.15, 0.2) is 0 Å². The van der Waals surface area contributed by atoms with Gasteiger partial charge in [-0.2, -0.15) is 0 Å². The molecule has 1 aromatic carbocycles. The van der Waals surface area contributed by atoms with Crippen molar-refractivity contribution in [1.29, 1.82) is 0 Å². The SMILES string of the molecule is CC(C)Cc1ccc(-c2cn3cc(Br)ccc3n2)cc1. The summed E-state index contributed by atoms with van der Waals surface area (Å²) in [7, 11) is 0. The molecule has 0 amide bonds. The van der Waals surface area contributed by atoms with Gasteiger partial charge in [-0.3, -0.25) is 0 Å². The molecule has 0 saturated carbocycles. The minimum absolute atomic E-state index is 0.688. The Morgan fingerprint density at radius 2 is 1.80 bits per heavy atom. The molecule has 0 spiro atoms. The number of fused-ring (bicyclic) bond motifs is 1. The monoisotopic (exact) mass is 328 g/mol. The fraction of sp³-hybridized carbons (Fsp3) is 0.235. The molecule has 0 radical (unpaired) electrons. The Hall–Kier alpha value is -1.61. The highest BCUT2D eigenvalue weighted by Gasteiger charge is 2.05. The number of hydrogen-bond donors (Lipinski definition) is 0. The highest BCUT2D eigenvalue weighted by Crippen LogP contribution is 2.22. The lowest BCUT2D eigenvalue weighted by molar-refractivity contribution is 0.647. The molecule has 2 nitrogen and oxygen atoms in total. The Morgan fingerprint density at radius 3 is 2.50 bits per heavy atom. The van der Waals surface area contributed by atoms with Crippen LogP contribution in [0.1, 0.15) is 19.4 Å².